The van der Waals surface area contributed by atoms with Crippen LogP contribution in [0.25, 0.3) is 11.1 Å². The third kappa shape index (κ3) is 8.66. The molecule has 0 aliphatic rings. The van der Waals surface area contributed by atoms with E-state index in [0.29, 0.717) is 42.6 Å². The highest BCUT2D eigenvalue weighted by atomic mass is 19.1. The lowest BCUT2D eigenvalue weighted by molar-refractivity contribution is -0.140. The van der Waals surface area contributed by atoms with Gasteiger partial charge in [-0.15, -0.1) is 0 Å². The number of benzene rings is 2. The molecule has 2 rings (SSSR count). The van der Waals surface area contributed by atoms with E-state index in [1.165, 1.54) is 13.2 Å². The minimum atomic E-state index is -0.439. The second-order valence-electron chi connectivity index (χ2n) is 7.80. The first kappa shape index (κ1) is 26.0. The van der Waals surface area contributed by atoms with Crippen LogP contribution < -0.4 is 0 Å². The number of carbonyl (C=O) groups excluding carboxylic acids is 2. The fourth-order valence-corrected chi connectivity index (χ4v) is 3.12. The van der Waals surface area contributed by atoms with Crippen molar-refractivity contribution in [2.75, 3.05) is 26.9 Å². The van der Waals surface area contributed by atoms with Crippen LogP contribution in [0.5, 0.6) is 0 Å². The molecule has 0 atom stereocenters. The summed E-state index contributed by atoms with van der Waals surface area (Å²) in [4.78, 5) is 23.0. The molecular weight excluding hydrogens is 423 g/mol. The number of methoxy groups -OCH3 is 1. The number of hydrogen-bond acceptors (Lipinski definition) is 5. The normalized spacial score (nSPS) is 10.5. The van der Waals surface area contributed by atoms with Gasteiger partial charge in [-0.3, -0.25) is 0 Å². The number of halogens is 1. The third-order valence-corrected chi connectivity index (χ3v) is 4.96. The molecule has 0 unspecified atom stereocenters. The minimum Gasteiger partial charge on any atom is -0.462 e. The lowest BCUT2D eigenvalue weighted by Gasteiger charge is -2.09. The van der Waals surface area contributed by atoms with Crippen molar-refractivity contribution in [3.05, 3.63) is 83.7 Å². The highest BCUT2D eigenvalue weighted by Gasteiger charge is 2.09. The fraction of sp³-hybridized carbons (Fsp3) is 0.333. The summed E-state index contributed by atoms with van der Waals surface area (Å²) in [5.41, 5.74) is 4.05. The lowest BCUT2D eigenvalue weighted by Crippen LogP contribution is -2.12. The van der Waals surface area contributed by atoms with Gasteiger partial charge in [0.2, 0.25) is 0 Å². The standard InChI is InChI=1S/C27H31FO5/c1-19(2)26(29)32-16-6-8-23-13-14-24(17-25(23)28)22-11-9-21(10-12-22)7-5-15-33-27(30)20(3)18-31-4/h9-14,17H,1,3,5-8,15-16,18H2,2,4H3. The summed E-state index contributed by atoms with van der Waals surface area (Å²) >= 11 is 0. The quantitative estimate of drug-likeness (QED) is 0.236. The van der Waals surface area contributed by atoms with Gasteiger partial charge in [0, 0.05) is 12.7 Å². The van der Waals surface area contributed by atoms with E-state index in [2.05, 4.69) is 13.2 Å². The Morgan fingerprint density at radius 1 is 0.879 bits per heavy atom. The van der Waals surface area contributed by atoms with Gasteiger partial charge in [0.25, 0.3) is 0 Å². The van der Waals surface area contributed by atoms with E-state index < -0.39 is 11.9 Å². The van der Waals surface area contributed by atoms with Gasteiger partial charge in [0.05, 0.1) is 25.4 Å². The summed E-state index contributed by atoms with van der Waals surface area (Å²) < 4.78 is 29.6. The molecule has 176 valence electrons. The Bertz CT molecular complexity index is 979. The maximum Gasteiger partial charge on any atom is 0.335 e. The van der Waals surface area contributed by atoms with Crippen LogP contribution in [0.1, 0.15) is 30.9 Å². The number of esters is 2. The molecule has 0 aliphatic heterocycles. The molecule has 0 aromatic heterocycles. The van der Waals surface area contributed by atoms with Gasteiger partial charge < -0.3 is 14.2 Å². The van der Waals surface area contributed by atoms with Crippen LogP contribution in [0.15, 0.2) is 66.8 Å². The molecule has 0 radical (unpaired) electrons. The summed E-state index contributed by atoms with van der Waals surface area (Å²) in [6, 6.07) is 13.1. The highest BCUT2D eigenvalue weighted by Crippen LogP contribution is 2.23. The maximum atomic E-state index is 14.5. The van der Waals surface area contributed by atoms with Crippen LogP contribution in [-0.2, 0) is 36.6 Å². The average Bonchev–Trinajstić information content (AvgIpc) is 2.80. The third-order valence-electron chi connectivity index (χ3n) is 4.96. The van der Waals surface area contributed by atoms with Crippen LogP contribution in [0.2, 0.25) is 0 Å². The van der Waals surface area contributed by atoms with Crippen molar-refractivity contribution in [1.82, 2.24) is 0 Å². The zero-order valence-electron chi connectivity index (χ0n) is 19.3. The van der Waals surface area contributed by atoms with Gasteiger partial charge >= 0.3 is 11.9 Å². The van der Waals surface area contributed by atoms with E-state index in [-0.39, 0.29) is 19.0 Å². The van der Waals surface area contributed by atoms with E-state index in [9.17, 15) is 14.0 Å². The van der Waals surface area contributed by atoms with Gasteiger partial charge in [-0.1, -0.05) is 49.6 Å². The molecule has 0 aliphatic carbocycles. The van der Waals surface area contributed by atoms with E-state index in [0.717, 1.165) is 23.1 Å². The van der Waals surface area contributed by atoms with Crippen molar-refractivity contribution in [3.8, 4) is 11.1 Å². The van der Waals surface area contributed by atoms with Crippen LogP contribution in [0, 0.1) is 5.82 Å². The second kappa shape index (κ2) is 13.3. The molecule has 0 N–H and O–H groups in total. The topological polar surface area (TPSA) is 61.8 Å². The molecule has 0 saturated heterocycles. The van der Waals surface area contributed by atoms with Crippen molar-refractivity contribution < 1.29 is 28.2 Å². The molecule has 0 saturated carbocycles. The van der Waals surface area contributed by atoms with E-state index >= 15 is 0 Å². The molecule has 2 aromatic rings. The Kier molecular flexibility index (Phi) is 10.5. The molecular formula is C27H31FO5. The van der Waals surface area contributed by atoms with E-state index in [1.54, 1.807) is 13.0 Å². The lowest BCUT2D eigenvalue weighted by atomic mass is 9.99. The Morgan fingerprint density at radius 3 is 2.09 bits per heavy atom. The molecule has 5 nitrogen and oxygen atoms in total. The first-order valence-electron chi connectivity index (χ1n) is 10.9. The van der Waals surface area contributed by atoms with Crippen LogP contribution in [0.4, 0.5) is 4.39 Å². The Hall–Kier alpha value is -3.25. The number of hydrogen-bond donors (Lipinski definition) is 0. The van der Waals surface area contributed by atoms with Crippen LogP contribution in [-0.4, -0.2) is 38.9 Å². The number of carbonyl (C=O) groups is 2. The zero-order chi connectivity index (χ0) is 24.2. The summed E-state index contributed by atoms with van der Waals surface area (Å²) in [6.07, 6.45) is 2.47. The Labute approximate surface area is 194 Å². The summed E-state index contributed by atoms with van der Waals surface area (Å²) in [5, 5.41) is 0. The largest absolute Gasteiger partial charge is 0.462 e. The Balaban J connectivity index is 1.82. The zero-order valence-corrected chi connectivity index (χ0v) is 19.3. The van der Waals surface area contributed by atoms with Crippen LogP contribution in [0.3, 0.4) is 0 Å². The van der Waals surface area contributed by atoms with Crippen molar-refractivity contribution in [2.24, 2.45) is 0 Å². The predicted octanol–water partition coefficient (Wildman–Crippen LogP) is 5.22. The predicted molar refractivity (Wildman–Crippen MR) is 126 cm³/mol. The van der Waals surface area contributed by atoms with Gasteiger partial charge in [0.1, 0.15) is 5.82 Å². The van der Waals surface area contributed by atoms with Crippen molar-refractivity contribution >= 4 is 11.9 Å². The molecule has 0 bridgehead atoms. The first-order valence-corrected chi connectivity index (χ1v) is 10.9. The molecule has 0 fully saturated rings. The summed E-state index contributed by atoms with van der Waals surface area (Å²) in [6.45, 7) is 9.43. The van der Waals surface area contributed by atoms with Gasteiger partial charge in [0.15, 0.2) is 0 Å². The van der Waals surface area contributed by atoms with Crippen LogP contribution >= 0.6 is 0 Å². The molecule has 0 spiro atoms. The summed E-state index contributed by atoms with van der Waals surface area (Å²) in [5.74, 6) is -1.14. The highest BCUT2D eigenvalue weighted by molar-refractivity contribution is 5.88. The van der Waals surface area contributed by atoms with Gasteiger partial charge in [-0.05, 0) is 60.9 Å². The van der Waals surface area contributed by atoms with Crippen molar-refractivity contribution in [1.29, 1.82) is 0 Å². The SMILES string of the molecule is C=C(C)C(=O)OCCCc1ccc(-c2ccc(CCCOC(=O)C(=C)COC)cc2)cc1F. The first-order chi connectivity index (χ1) is 15.8. The fourth-order valence-electron chi connectivity index (χ4n) is 3.12. The van der Waals surface area contributed by atoms with E-state index in [1.807, 2.05) is 30.3 Å². The second-order valence-corrected chi connectivity index (χ2v) is 7.80. The monoisotopic (exact) mass is 454 g/mol. The smallest absolute Gasteiger partial charge is 0.335 e. The number of rotatable bonds is 13. The Morgan fingerprint density at radius 2 is 1.48 bits per heavy atom. The van der Waals surface area contributed by atoms with E-state index in [4.69, 9.17) is 14.2 Å². The van der Waals surface area contributed by atoms with Gasteiger partial charge in [-0.2, -0.15) is 0 Å². The molecule has 33 heavy (non-hydrogen) atoms. The molecule has 6 heteroatoms. The molecule has 2 aromatic carbocycles. The van der Waals surface area contributed by atoms with Crippen molar-refractivity contribution in [2.45, 2.75) is 32.6 Å². The number of ether oxygens (including phenoxy) is 3. The average molecular weight is 455 g/mol. The molecule has 0 amide bonds. The summed E-state index contributed by atoms with van der Waals surface area (Å²) in [7, 11) is 1.50. The van der Waals surface area contributed by atoms with Gasteiger partial charge in [-0.25, -0.2) is 14.0 Å². The number of aryl methyl sites for hydroxylation is 2. The van der Waals surface area contributed by atoms with Crippen molar-refractivity contribution in [3.63, 3.8) is 0 Å². The maximum absolute atomic E-state index is 14.5. The molecule has 0 heterocycles. The minimum absolute atomic E-state index is 0.159.